The summed E-state index contributed by atoms with van der Waals surface area (Å²) in [6, 6.07) is 1.08. The Labute approximate surface area is 112 Å². The van der Waals surface area contributed by atoms with Crippen molar-refractivity contribution in [2.45, 2.75) is 6.54 Å². The van der Waals surface area contributed by atoms with Gasteiger partial charge in [-0.1, -0.05) is 0 Å². The van der Waals surface area contributed by atoms with E-state index in [2.05, 4.69) is 10.3 Å². The van der Waals surface area contributed by atoms with Gasteiger partial charge in [-0.15, -0.1) is 0 Å². The molecule has 106 valence electrons. The standard InChI is InChI=1S/C12H11F3N4O/c13-7-3-8(14)11(15)9(4-7)18-12(20)10-5-19(2-1-16)6-17-10/h3-6H,1-2,16H2,(H,18,20). The molecule has 0 atom stereocenters. The topological polar surface area (TPSA) is 72.9 Å². The zero-order valence-electron chi connectivity index (χ0n) is 10.2. The van der Waals surface area contributed by atoms with Crippen molar-refractivity contribution in [3.63, 3.8) is 0 Å². The summed E-state index contributed by atoms with van der Waals surface area (Å²) in [4.78, 5) is 15.6. The number of nitrogens with one attached hydrogen (secondary N) is 1. The first-order chi connectivity index (χ1) is 9.51. The van der Waals surface area contributed by atoms with Crippen LogP contribution >= 0.6 is 0 Å². The summed E-state index contributed by atoms with van der Waals surface area (Å²) >= 11 is 0. The van der Waals surface area contributed by atoms with Crippen molar-refractivity contribution in [3.8, 4) is 0 Å². The second-order valence-electron chi connectivity index (χ2n) is 3.99. The van der Waals surface area contributed by atoms with Crippen LogP contribution in [0.5, 0.6) is 0 Å². The van der Waals surface area contributed by atoms with E-state index in [9.17, 15) is 18.0 Å². The van der Waals surface area contributed by atoms with Crippen molar-refractivity contribution >= 4 is 11.6 Å². The molecule has 0 aliphatic carbocycles. The van der Waals surface area contributed by atoms with E-state index in [4.69, 9.17) is 5.73 Å². The van der Waals surface area contributed by atoms with Crippen molar-refractivity contribution < 1.29 is 18.0 Å². The van der Waals surface area contributed by atoms with E-state index in [0.29, 0.717) is 25.2 Å². The van der Waals surface area contributed by atoms with E-state index < -0.39 is 29.0 Å². The number of nitrogens with two attached hydrogens (primary N) is 1. The minimum atomic E-state index is -1.38. The SMILES string of the molecule is NCCn1cnc(C(=O)Nc2cc(F)cc(F)c2F)c1. The van der Waals surface area contributed by atoms with Gasteiger partial charge in [0.1, 0.15) is 11.5 Å². The maximum Gasteiger partial charge on any atom is 0.275 e. The molecular weight excluding hydrogens is 273 g/mol. The number of rotatable bonds is 4. The maximum atomic E-state index is 13.4. The minimum absolute atomic E-state index is 0.0116. The van der Waals surface area contributed by atoms with Crippen molar-refractivity contribution in [1.29, 1.82) is 0 Å². The summed E-state index contributed by atoms with van der Waals surface area (Å²) in [6.45, 7) is 0.824. The first kappa shape index (κ1) is 14.1. The van der Waals surface area contributed by atoms with E-state index in [1.54, 1.807) is 4.57 Å². The number of nitrogens with zero attached hydrogens (tertiary/aromatic N) is 2. The van der Waals surface area contributed by atoms with Gasteiger partial charge < -0.3 is 15.6 Å². The predicted octanol–water partition coefficient (Wildman–Crippen LogP) is 1.51. The number of carbonyl (C=O) groups excluding carboxylic acids is 1. The Hall–Kier alpha value is -2.35. The maximum absolute atomic E-state index is 13.4. The van der Waals surface area contributed by atoms with Crippen LogP contribution in [-0.2, 0) is 6.54 Å². The van der Waals surface area contributed by atoms with Crippen LogP contribution in [-0.4, -0.2) is 22.0 Å². The number of anilines is 1. The fourth-order valence-corrected chi connectivity index (χ4v) is 1.58. The predicted molar refractivity (Wildman–Crippen MR) is 65.6 cm³/mol. The van der Waals surface area contributed by atoms with Crippen molar-refractivity contribution in [2.75, 3.05) is 11.9 Å². The van der Waals surface area contributed by atoms with Gasteiger partial charge >= 0.3 is 0 Å². The Morgan fingerprint density at radius 3 is 2.80 bits per heavy atom. The van der Waals surface area contributed by atoms with Gasteiger partial charge in [0.25, 0.3) is 5.91 Å². The normalized spacial score (nSPS) is 10.6. The number of halogens is 3. The molecule has 0 bridgehead atoms. The molecule has 8 heteroatoms. The van der Waals surface area contributed by atoms with E-state index in [0.717, 1.165) is 0 Å². The molecule has 0 radical (unpaired) electrons. The third kappa shape index (κ3) is 2.97. The monoisotopic (exact) mass is 284 g/mol. The number of hydrogen-bond donors (Lipinski definition) is 2. The summed E-state index contributed by atoms with van der Waals surface area (Å²) in [5, 5.41) is 2.06. The Morgan fingerprint density at radius 1 is 1.35 bits per heavy atom. The number of carbonyl (C=O) groups is 1. The molecule has 1 heterocycles. The Balaban J connectivity index is 2.18. The van der Waals surface area contributed by atoms with Gasteiger partial charge in [0.15, 0.2) is 11.6 Å². The zero-order valence-corrected chi connectivity index (χ0v) is 10.2. The summed E-state index contributed by atoms with van der Waals surface area (Å²) in [7, 11) is 0. The van der Waals surface area contributed by atoms with Crippen LogP contribution in [0.3, 0.4) is 0 Å². The highest BCUT2D eigenvalue weighted by Gasteiger charge is 2.16. The molecule has 2 rings (SSSR count). The van der Waals surface area contributed by atoms with Gasteiger partial charge in [0, 0.05) is 31.4 Å². The van der Waals surface area contributed by atoms with E-state index in [1.807, 2.05) is 0 Å². The Kier molecular flexibility index (Phi) is 4.04. The van der Waals surface area contributed by atoms with E-state index in [-0.39, 0.29) is 5.69 Å². The summed E-state index contributed by atoms with van der Waals surface area (Å²) in [5.74, 6) is -4.48. The molecule has 0 spiro atoms. The van der Waals surface area contributed by atoms with Gasteiger partial charge in [0.05, 0.1) is 12.0 Å². The summed E-state index contributed by atoms with van der Waals surface area (Å²) in [5.41, 5.74) is 4.75. The molecule has 3 N–H and O–H groups in total. The van der Waals surface area contributed by atoms with Crippen LogP contribution in [0.1, 0.15) is 10.5 Å². The van der Waals surface area contributed by atoms with Crippen LogP contribution in [0.2, 0.25) is 0 Å². The summed E-state index contributed by atoms with van der Waals surface area (Å²) < 4.78 is 40.9. The minimum Gasteiger partial charge on any atom is -0.335 e. The fourth-order valence-electron chi connectivity index (χ4n) is 1.58. The first-order valence-corrected chi connectivity index (χ1v) is 5.69. The van der Waals surface area contributed by atoms with Crippen molar-refractivity contribution in [2.24, 2.45) is 5.73 Å². The summed E-state index contributed by atoms with van der Waals surface area (Å²) in [6.07, 6.45) is 2.78. The number of imidazole rings is 1. The highest BCUT2D eigenvalue weighted by atomic mass is 19.2. The lowest BCUT2D eigenvalue weighted by Crippen LogP contribution is -2.14. The van der Waals surface area contributed by atoms with Crippen molar-refractivity contribution in [3.05, 3.63) is 47.8 Å². The molecule has 2 aromatic rings. The average Bonchev–Trinajstić information content (AvgIpc) is 2.84. The molecule has 20 heavy (non-hydrogen) atoms. The van der Waals surface area contributed by atoms with E-state index >= 15 is 0 Å². The molecule has 1 aromatic carbocycles. The number of benzene rings is 1. The van der Waals surface area contributed by atoms with Gasteiger partial charge in [0.2, 0.25) is 0 Å². The lowest BCUT2D eigenvalue weighted by atomic mass is 10.2. The second kappa shape index (κ2) is 5.74. The van der Waals surface area contributed by atoms with Gasteiger partial charge in [-0.25, -0.2) is 18.2 Å². The quantitative estimate of drug-likeness (QED) is 0.836. The molecule has 0 aliphatic rings. The third-order valence-electron chi connectivity index (χ3n) is 2.49. The highest BCUT2D eigenvalue weighted by molar-refractivity contribution is 6.02. The van der Waals surface area contributed by atoms with Gasteiger partial charge in [-0.3, -0.25) is 4.79 Å². The zero-order chi connectivity index (χ0) is 14.7. The molecule has 5 nitrogen and oxygen atoms in total. The number of hydrogen-bond acceptors (Lipinski definition) is 3. The highest BCUT2D eigenvalue weighted by Crippen LogP contribution is 2.19. The number of amides is 1. The third-order valence-corrected chi connectivity index (χ3v) is 2.49. The Bertz CT molecular complexity index is 642. The van der Waals surface area contributed by atoms with Crippen LogP contribution < -0.4 is 11.1 Å². The average molecular weight is 284 g/mol. The second-order valence-corrected chi connectivity index (χ2v) is 3.99. The van der Waals surface area contributed by atoms with Crippen LogP contribution in [0.25, 0.3) is 0 Å². The molecule has 0 unspecified atom stereocenters. The fraction of sp³-hybridized carbons (Fsp3) is 0.167. The largest absolute Gasteiger partial charge is 0.335 e. The van der Waals surface area contributed by atoms with Crippen LogP contribution in [0.15, 0.2) is 24.7 Å². The lowest BCUT2D eigenvalue weighted by Gasteiger charge is -2.05. The Morgan fingerprint density at radius 2 is 2.10 bits per heavy atom. The van der Waals surface area contributed by atoms with Crippen molar-refractivity contribution in [1.82, 2.24) is 9.55 Å². The molecule has 0 fully saturated rings. The van der Waals surface area contributed by atoms with Gasteiger partial charge in [-0.2, -0.15) is 0 Å². The molecular formula is C12H11F3N4O. The molecule has 1 aromatic heterocycles. The van der Waals surface area contributed by atoms with E-state index in [1.165, 1.54) is 12.5 Å². The van der Waals surface area contributed by atoms with Gasteiger partial charge in [-0.05, 0) is 0 Å². The number of aromatic nitrogens is 2. The molecule has 0 saturated heterocycles. The first-order valence-electron chi connectivity index (χ1n) is 5.69. The smallest absolute Gasteiger partial charge is 0.275 e. The van der Waals surface area contributed by atoms with Crippen LogP contribution in [0, 0.1) is 17.5 Å². The lowest BCUT2D eigenvalue weighted by molar-refractivity contribution is 0.102. The van der Waals surface area contributed by atoms with Crippen LogP contribution in [0.4, 0.5) is 18.9 Å². The molecule has 0 aliphatic heterocycles. The molecule has 0 saturated carbocycles. The molecule has 1 amide bonds.